The fourth-order valence-corrected chi connectivity index (χ4v) is 7.08. The highest BCUT2D eigenvalue weighted by atomic mass is 35.5. The molecule has 0 bridgehead atoms. The van der Waals surface area contributed by atoms with Gasteiger partial charge in [0.25, 0.3) is 0 Å². The zero-order valence-corrected chi connectivity index (χ0v) is 19.7. The van der Waals surface area contributed by atoms with Crippen LogP contribution >= 0.6 is 11.6 Å². The van der Waals surface area contributed by atoms with Crippen LogP contribution in [0.1, 0.15) is 22.3 Å². The first kappa shape index (κ1) is 20.0. The minimum absolute atomic E-state index is 0.417. The van der Waals surface area contributed by atoms with Gasteiger partial charge in [0.1, 0.15) is 0 Å². The maximum atomic E-state index is 13.6. The van der Waals surface area contributed by atoms with Gasteiger partial charge >= 0.3 is 0 Å². The molecule has 1 nitrogen and oxygen atoms in total. The maximum Gasteiger partial charge on any atom is 0.0849 e. The minimum atomic E-state index is -1.30. The summed E-state index contributed by atoms with van der Waals surface area (Å²) in [6.07, 6.45) is 0. The van der Waals surface area contributed by atoms with E-state index in [4.69, 9.17) is 11.6 Å². The van der Waals surface area contributed by atoms with Crippen LogP contribution in [0.25, 0.3) is 22.3 Å². The van der Waals surface area contributed by atoms with Crippen LogP contribution in [-0.2, 0) is 16.2 Å². The van der Waals surface area contributed by atoms with Crippen molar-refractivity contribution in [3.8, 4) is 22.3 Å². The number of benzene rings is 5. The lowest BCUT2D eigenvalue weighted by Crippen LogP contribution is -2.26. The molecule has 0 aliphatic heterocycles. The van der Waals surface area contributed by atoms with Crippen LogP contribution in [0.2, 0.25) is 5.02 Å². The lowest BCUT2D eigenvalue weighted by molar-refractivity contribution is 0.682. The van der Waals surface area contributed by atoms with Crippen LogP contribution in [0.3, 0.4) is 0 Å². The molecule has 0 N–H and O–H groups in total. The summed E-state index contributed by atoms with van der Waals surface area (Å²) in [7, 11) is -1.30. The summed E-state index contributed by atoms with van der Waals surface area (Å²) >= 11 is 6.07. The predicted octanol–water partition coefficient (Wildman–Crippen LogP) is 7.85. The van der Waals surface area contributed by atoms with Crippen LogP contribution in [0.15, 0.2) is 125 Å². The molecular weight excluding hydrogens is 456 g/mol. The Morgan fingerprint density at radius 2 is 0.941 bits per heavy atom. The van der Waals surface area contributed by atoms with Crippen molar-refractivity contribution in [1.29, 1.82) is 0 Å². The molecule has 0 amide bonds. The van der Waals surface area contributed by atoms with E-state index in [1.54, 1.807) is 12.1 Å². The van der Waals surface area contributed by atoms with Gasteiger partial charge in [-0.15, -0.1) is 0 Å². The van der Waals surface area contributed by atoms with Gasteiger partial charge in [0, 0.05) is 14.8 Å². The van der Waals surface area contributed by atoms with Crippen molar-refractivity contribution in [1.82, 2.24) is 0 Å². The highest BCUT2D eigenvalue weighted by Gasteiger charge is 2.51. The SMILES string of the molecule is O=S(c1ccc(Cl)cc1)c1ccc2c(c1)C1(c3ccccc3-c3ccccc31)c1ccccc1-2. The fourth-order valence-electron chi connectivity index (χ4n) is 5.88. The zero-order valence-electron chi connectivity index (χ0n) is 18.2. The van der Waals surface area contributed by atoms with E-state index in [1.807, 2.05) is 18.2 Å². The van der Waals surface area contributed by atoms with E-state index >= 15 is 0 Å². The van der Waals surface area contributed by atoms with Crippen molar-refractivity contribution in [3.05, 3.63) is 143 Å². The lowest BCUT2D eigenvalue weighted by atomic mass is 9.70. The third kappa shape index (κ3) is 2.53. The quantitative estimate of drug-likeness (QED) is 0.249. The normalized spacial score (nSPS) is 14.9. The van der Waals surface area contributed by atoms with Crippen molar-refractivity contribution >= 4 is 22.4 Å². The Morgan fingerprint density at radius 1 is 0.500 bits per heavy atom. The van der Waals surface area contributed by atoms with Crippen molar-refractivity contribution < 1.29 is 4.21 Å². The zero-order chi connectivity index (χ0) is 22.9. The summed E-state index contributed by atoms with van der Waals surface area (Å²) in [6, 6.07) is 39.7. The van der Waals surface area contributed by atoms with Gasteiger partial charge in [-0.05, 0) is 80.9 Å². The molecule has 1 atom stereocenters. The second kappa shape index (κ2) is 7.27. The molecule has 5 aromatic carbocycles. The Bertz CT molecular complexity index is 1570. The van der Waals surface area contributed by atoms with Gasteiger partial charge in [-0.3, -0.25) is 0 Å². The Labute approximate surface area is 206 Å². The molecule has 0 aromatic heterocycles. The molecule has 7 rings (SSSR count). The molecule has 34 heavy (non-hydrogen) atoms. The third-order valence-corrected chi connectivity index (χ3v) is 8.84. The maximum absolute atomic E-state index is 13.6. The molecule has 2 aliphatic rings. The van der Waals surface area contributed by atoms with Crippen molar-refractivity contribution in [2.75, 3.05) is 0 Å². The summed E-state index contributed by atoms with van der Waals surface area (Å²) in [5, 5.41) is 0.642. The molecule has 0 saturated carbocycles. The summed E-state index contributed by atoms with van der Waals surface area (Å²) in [6.45, 7) is 0. The van der Waals surface area contributed by atoms with E-state index in [0.29, 0.717) is 5.02 Å². The van der Waals surface area contributed by atoms with Crippen LogP contribution in [0, 0.1) is 0 Å². The Hall–Kier alpha value is -3.46. The van der Waals surface area contributed by atoms with Crippen molar-refractivity contribution in [2.45, 2.75) is 15.2 Å². The molecule has 0 saturated heterocycles. The van der Waals surface area contributed by atoms with Gasteiger partial charge in [0.2, 0.25) is 0 Å². The summed E-state index contributed by atoms with van der Waals surface area (Å²) in [5.41, 5.74) is 9.64. The molecular formula is C31H19ClOS. The summed E-state index contributed by atoms with van der Waals surface area (Å²) in [5.74, 6) is 0. The number of hydrogen-bond donors (Lipinski definition) is 0. The minimum Gasteiger partial charge on any atom is -0.249 e. The number of rotatable bonds is 2. The van der Waals surface area contributed by atoms with Gasteiger partial charge < -0.3 is 0 Å². The first-order chi connectivity index (χ1) is 16.7. The third-order valence-electron chi connectivity index (χ3n) is 7.21. The van der Waals surface area contributed by atoms with Crippen LogP contribution in [-0.4, -0.2) is 4.21 Å². The van der Waals surface area contributed by atoms with Crippen LogP contribution in [0.5, 0.6) is 0 Å². The van der Waals surface area contributed by atoms with Gasteiger partial charge in [0.05, 0.1) is 16.2 Å². The number of fused-ring (bicyclic) bond motifs is 10. The molecule has 2 aliphatic carbocycles. The molecule has 1 unspecified atom stereocenters. The average Bonchev–Trinajstić information content (AvgIpc) is 3.36. The van der Waals surface area contributed by atoms with Gasteiger partial charge in [-0.1, -0.05) is 90.5 Å². The Balaban J connectivity index is 1.55. The van der Waals surface area contributed by atoms with E-state index in [2.05, 4.69) is 84.9 Å². The smallest absolute Gasteiger partial charge is 0.0849 e. The lowest BCUT2D eigenvalue weighted by Gasteiger charge is -2.30. The monoisotopic (exact) mass is 474 g/mol. The molecule has 3 heteroatoms. The predicted molar refractivity (Wildman–Crippen MR) is 139 cm³/mol. The van der Waals surface area contributed by atoms with Crippen LogP contribution in [0.4, 0.5) is 0 Å². The standard InChI is InChI=1S/C31H19ClOS/c32-20-13-15-21(16-14-20)34(33)22-17-18-26-25-9-3-6-12-29(25)31(30(26)19-22)27-10-4-1-7-23(27)24-8-2-5-11-28(24)31/h1-19H. The molecule has 162 valence electrons. The molecule has 0 heterocycles. The van der Waals surface area contributed by atoms with Crippen molar-refractivity contribution in [2.24, 2.45) is 0 Å². The van der Waals surface area contributed by atoms with Crippen molar-refractivity contribution in [3.63, 3.8) is 0 Å². The highest BCUT2D eigenvalue weighted by Crippen LogP contribution is 2.62. The number of hydrogen-bond acceptors (Lipinski definition) is 1. The Morgan fingerprint density at radius 3 is 1.47 bits per heavy atom. The van der Waals surface area contributed by atoms with E-state index in [0.717, 1.165) is 9.79 Å². The summed E-state index contributed by atoms with van der Waals surface area (Å²) in [4.78, 5) is 1.55. The average molecular weight is 475 g/mol. The van der Waals surface area contributed by atoms with Crippen LogP contribution < -0.4 is 0 Å². The molecule has 0 radical (unpaired) electrons. The largest absolute Gasteiger partial charge is 0.249 e. The topological polar surface area (TPSA) is 17.1 Å². The molecule has 0 fully saturated rings. The fraction of sp³-hybridized carbons (Fsp3) is 0.0323. The Kier molecular flexibility index (Phi) is 4.27. The highest BCUT2D eigenvalue weighted by molar-refractivity contribution is 7.85. The van der Waals surface area contributed by atoms with Gasteiger partial charge in [0.15, 0.2) is 0 Å². The number of halogens is 1. The second-order valence-corrected chi connectivity index (χ2v) is 10.7. The van der Waals surface area contributed by atoms with E-state index in [-0.39, 0.29) is 0 Å². The molecule has 5 aromatic rings. The first-order valence-electron chi connectivity index (χ1n) is 11.3. The van der Waals surface area contributed by atoms with Gasteiger partial charge in [-0.25, -0.2) is 4.21 Å². The van der Waals surface area contributed by atoms with E-state index in [9.17, 15) is 4.21 Å². The van der Waals surface area contributed by atoms with E-state index in [1.165, 1.54) is 44.5 Å². The molecule has 1 spiro atoms. The first-order valence-corrected chi connectivity index (χ1v) is 12.8. The summed E-state index contributed by atoms with van der Waals surface area (Å²) < 4.78 is 13.6. The second-order valence-electron chi connectivity index (χ2n) is 8.82. The van der Waals surface area contributed by atoms with E-state index < -0.39 is 16.2 Å². The van der Waals surface area contributed by atoms with Gasteiger partial charge in [-0.2, -0.15) is 0 Å².